The van der Waals surface area contributed by atoms with Crippen molar-refractivity contribution in [2.45, 2.75) is 13.3 Å². The summed E-state index contributed by atoms with van der Waals surface area (Å²) in [5, 5.41) is 3.16. The Kier molecular flexibility index (Phi) is 4.65. The lowest BCUT2D eigenvalue weighted by atomic mass is 10.1. The number of nitrogens with zero attached hydrogens (tertiary/aromatic N) is 1. The van der Waals surface area contributed by atoms with Crippen molar-refractivity contribution in [2.75, 3.05) is 36.5 Å². The molecule has 1 amide bonds. The first-order chi connectivity index (χ1) is 9.53. The smallest absolute Gasteiger partial charge is 0.255 e. The molecule has 0 atom stereocenters. The lowest BCUT2D eigenvalue weighted by Gasteiger charge is -2.21. The van der Waals surface area contributed by atoms with Crippen LogP contribution in [-0.4, -0.2) is 50.4 Å². The minimum Gasteiger partial charge on any atom is -0.385 e. The number of carbonyl (C=O) groups excluding carboxylic acids is 1. The van der Waals surface area contributed by atoms with Crippen molar-refractivity contribution < 1.29 is 13.2 Å². The van der Waals surface area contributed by atoms with Crippen LogP contribution in [0.25, 0.3) is 0 Å². The van der Waals surface area contributed by atoms with Crippen LogP contribution < -0.4 is 5.32 Å². The van der Waals surface area contributed by atoms with E-state index in [2.05, 4.69) is 5.32 Å². The number of nitrogens with one attached hydrogen (secondary N) is 1. The second kappa shape index (κ2) is 6.26. The molecule has 20 heavy (non-hydrogen) atoms. The summed E-state index contributed by atoms with van der Waals surface area (Å²) in [6, 6.07) is 7.34. The molecule has 1 aliphatic heterocycles. The second-order valence-electron chi connectivity index (χ2n) is 4.87. The molecule has 1 aromatic carbocycles. The zero-order chi connectivity index (χ0) is 14.6. The van der Waals surface area contributed by atoms with Gasteiger partial charge < -0.3 is 10.2 Å². The Balaban J connectivity index is 2.19. The Morgan fingerprint density at radius 1 is 1.25 bits per heavy atom. The highest BCUT2D eigenvalue weighted by atomic mass is 32.2. The predicted octanol–water partition coefficient (Wildman–Crippen LogP) is 1.38. The van der Waals surface area contributed by atoms with Gasteiger partial charge in [0.1, 0.15) is 0 Å². The van der Waals surface area contributed by atoms with Gasteiger partial charge in [0, 0.05) is 25.3 Å². The summed E-state index contributed by atoms with van der Waals surface area (Å²) >= 11 is 0. The molecule has 1 saturated heterocycles. The third-order valence-corrected chi connectivity index (χ3v) is 5.08. The summed E-state index contributed by atoms with van der Waals surface area (Å²) in [5.74, 6) is 0.131. The summed E-state index contributed by atoms with van der Waals surface area (Å²) in [4.78, 5) is 14.2. The van der Waals surface area contributed by atoms with E-state index in [1.807, 2.05) is 25.1 Å². The third kappa shape index (κ3) is 3.50. The minimum atomic E-state index is -3.00. The van der Waals surface area contributed by atoms with Crippen LogP contribution in [0.3, 0.4) is 0 Å². The first-order valence-corrected chi connectivity index (χ1v) is 8.68. The van der Waals surface area contributed by atoms with Crippen molar-refractivity contribution in [2.24, 2.45) is 0 Å². The summed E-state index contributed by atoms with van der Waals surface area (Å²) < 4.78 is 23.2. The molecule has 5 nitrogen and oxygen atoms in total. The maximum absolute atomic E-state index is 12.6. The molecule has 1 fully saturated rings. The normalized spacial score (nSPS) is 18.4. The average molecular weight is 296 g/mol. The molecule has 6 heteroatoms. The van der Waals surface area contributed by atoms with Crippen molar-refractivity contribution in [3.8, 4) is 0 Å². The van der Waals surface area contributed by atoms with Gasteiger partial charge in [0.05, 0.1) is 17.1 Å². The van der Waals surface area contributed by atoms with Gasteiger partial charge in [0.2, 0.25) is 0 Å². The van der Waals surface area contributed by atoms with Gasteiger partial charge in [-0.3, -0.25) is 4.79 Å². The number of hydrogen-bond donors (Lipinski definition) is 1. The van der Waals surface area contributed by atoms with Gasteiger partial charge in [-0.25, -0.2) is 8.42 Å². The van der Waals surface area contributed by atoms with Gasteiger partial charge in [-0.05, 0) is 25.5 Å². The van der Waals surface area contributed by atoms with Crippen molar-refractivity contribution in [1.82, 2.24) is 4.90 Å². The number of anilines is 1. The molecular weight excluding hydrogens is 276 g/mol. The summed E-state index contributed by atoms with van der Waals surface area (Å²) in [7, 11) is -3.00. The molecule has 0 aliphatic carbocycles. The van der Waals surface area contributed by atoms with Gasteiger partial charge in [-0.2, -0.15) is 0 Å². The molecule has 0 unspecified atom stereocenters. The topological polar surface area (TPSA) is 66.5 Å². The van der Waals surface area contributed by atoms with E-state index in [1.54, 1.807) is 11.0 Å². The zero-order valence-corrected chi connectivity index (χ0v) is 12.4. The number of carbonyl (C=O) groups is 1. The largest absolute Gasteiger partial charge is 0.385 e. The van der Waals surface area contributed by atoms with E-state index >= 15 is 0 Å². The Bertz CT molecular complexity index is 584. The molecule has 0 saturated carbocycles. The fourth-order valence-corrected chi connectivity index (χ4v) is 3.60. The van der Waals surface area contributed by atoms with E-state index in [9.17, 15) is 13.2 Å². The highest BCUT2D eigenvalue weighted by molar-refractivity contribution is 7.91. The van der Waals surface area contributed by atoms with Crippen LogP contribution in [0.2, 0.25) is 0 Å². The maximum atomic E-state index is 12.6. The van der Waals surface area contributed by atoms with Crippen LogP contribution in [0, 0.1) is 0 Å². The Morgan fingerprint density at radius 3 is 2.75 bits per heavy atom. The van der Waals surface area contributed by atoms with Crippen LogP contribution >= 0.6 is 0 Å². The minimum absolute atomic E-state index is 0.0577. The van der Waals surface area contributed by atoms with Crippen LogP contribution in [0.1, 0.15) is 23.7 Å². The van der Waals surface area contributed by atoms with E-state index in [1.165, 1.54) is 0 Å². The molecule has 1 N–H and O–H groups in total. The highest BCUT2D eigenvalue weighted by Gasteiger charge is 2.24. The number of hydrogen-bond acceptors (Lipinski definition) is 4. The molecule has 0 bridgehead atoms. The van der Waals surface area contributed by atoms with Gasteiger partial charge in [-0.15, -0.1) is 0 Å². The predicted molar refractivity (Wildman–Crippen MR) is 79.8 cm³/mol. The van der Waals surface area contributed by atoms with Crippen LogP contribution in [0.15, 0.2) is 24.3 Å². The van der Waals surface area contributed by atoms with Crippen molar-refractivity contribution in [3.63, 3.8) is 0 Å². The number of amides is 1. The molecule has 110 valence electrons. The SMILES string of the molecule is CCNc1ccccc1C(=O)N1CCCS(=O)(=O)CC1. The Labute approximate surface area is 119 Å². The molecule has 0 radical (unpaired) electrons. The average Bonchev–Trinajstić information content (AvgIpc) is 2.60. The number of sulfone groups is 1. The highest BCUT2D eigenvalue weighted by Crippen LogP contribution is 2.18. The fourth-order valence-electron chi connectivity index (χ4n) is 2.33. The third-order valence-electron chi connectivity index (χ3n) is 3.37. The lowest BCUT2D eigenvalue weighted by molar-refractivity contribution is 0.0769. The first kappa shape index (κ1) is 14.8. The van der Waals surface area contributed by atoms with Crippen LogP contribution in [0.4, 0.5) is 5.69 Å². The molecular formula is C14H20N2O3S. The van der Waals surface area contributed by atoms with Crippen molar-refractivity contribution >= 4 is 21.4 Å². The van der Waals surface area contributed by atoms with E-state index in [0.29, 0.717) is 18.5 Å². The standard InChI is InChI=1S/C14H20N2O3S/c1-2-15-13-7-4-3-6-12(13)14(17)16-8-5-10-20(18,19)11-9-16/h3-4,6-7,15H,2,5,8-11H2,1H3. The van der Waals surface area contributed by atoms with E-state index < -0.39 is 9.84 Å². The Hall–Kier alpha value is -1.56. The molecule has 2 rings (SSSR count). The Morgan fingerprint density at radius 2 is 2.00 bits per heavy atom. The molecule has 0 aromatic heterocycles. The molecule has 0 spiro atoms. The van der Waals surface area contributed by atoms with Crippen molar-refractivity contribution in [3.05, 3.63) is 29.8 Å². The molecule has 1 aromatic rings. The van der Waals surface area contributed by atoms with Crippen LogP contribution in [0.5, 0.6) is 0 Å². The van der Waals surface area contributed by atoms with Crippen molar-refractivity contribution in [1.29, 1.82) is 0 Å². The van der Waals surface area contributed by atoms with Gasteiger partial charge in [-0.1, -0.05) is 12.1 Å². The van der Waals surface area contributed by atoms with E-state index in [4.69, 9.17) is 0 Å². The molecule has 1 aliphatic rings. The zero-order valence-electron chi connectivity index (χ0n) is 11.6. The summed E-state index contributed by atoms with van der Waals surface area (Å²) in [5.41, 5.74) is 1.40. The number of rotatable bonds is 3. The number of para-hydroxylation sites is 1. The quantitative estimate of drug-likeness (QED) is 0.915. The van der Waals surface area contributed by atoms with E-state index in [-0.39, 0.29) is 24.0 Å². The maximum Gasteiger partial charge on any atom is 0.255 e. The summed E-state index contributed by atoms with van der Waals surface area (Å²) in [6.45, 7) is 3.48. The van der Waals surface area contributed by atoms with Crippen LogP contribution in [-0.2, 0) is 9.84 Å². The second-order valence-corrected chi connectivity index (χ2v) is 7.18. The first-order valence-electron chi connectivity index (χ1n) is 6.86. The fraction of sp³-hybridized carbons (Fsp3) is 0.500. The lowest BCUT2D eigenvalue weighted by Crippen LogP contribution is -2.34. The van der Waals surface area contributed by atoms with Gasteiger partial charge in [0.15, 0.2) is 9.84 Å². The number of benzene rings is 1. The van der Waals surface area contributed by atoms with Gasteiger partial charge >= 0.3 is 0 Å². The van der Waals surface area contributed by atoms with Gasteiger partial charge in [0.25, 0.3) is 5.91 Å². The summed E-state index contributed by atoms with van der Waals surface area (Å²) in [6.07, 6.45) is 0.511. The molecule has 1 heterocycles. The monoisotopic (exact) mass is 296 g/mol. The van der Waals surface area contributed by atoms with E-state index in [0.717, 1.165) is 12.2 Å².